The van der Waals surface area contributed by atoms with Gasteiger partial charge in [-0.25, -0.2) is 0 Å². The Balaban J connectivity index is 2.16. The molecule has 0 saturated heterocycles. The van der Waals surface area contributed by atoms with Crippen LogP contribution in [0.15, 0.2) is 12.1 Å². The van der Waals surface area contributed by atoms with Gasteiger partial charge in [-0.1, -0.05) is 31.1 Å². The second-order valence-electron chi connectivity index (χ2n) is 5.94. The fraction of sp³-hybridized carbons (Fsp3) is 0.500. The Morgan fingerprint density at radius 2 is 1.83 bits per heavy atom. The zero-order valence-electron chi connectivity index (χ0n) is 14.1. The van der Waals surface area contributed by atoms with Crippen molar-refractivity contribution in [3.8, 4) is 10.6 Å². The lowest BCUT2D eigenvalue weighted by Crippen LogP contribution is -2.01. The Hall–Kier alpha value is -1.75. The predicted molar refractivity (Wildman–Crippen MR) is 94.0 cm³/mol. The third-order valence-electron chi connectivity index (χ3n) is 3.99. The Kier molecular flexibility index (Phi) is 6.28. The van der Waals surface area contributed by atoms with Gasteiger partial charge in [-0.05, 0) is 55.5 Å². The highest BCUT2D eigenvalue weighted by Crippen LogP contribution is 2.29. The second kappa shape index (κ2) is 8.20. The van der Waals surface area contributed by atoms with Crippen molar-refractivity contribution < 1.29 is 9.90 Å². The van der Waals surface area contributed by atoms with Crippen LogP contribution in [0.5, 0.6) is 0 Å². The zero-order chi connectivity index (χ0) is 16.8. The van der Waals surface area contributed by atoms with Gasteiger partial charge >= 0.3 is 5.97 Å². The van der Waals surface area contributed by atoms with E-state index in [4.69, 9.17) is 5.11 Å². The molecule has 4 nitrogen and oxygen atoms in total. The van der Waals surface area contributed by atoms with Gasteiger partial charge in [-0.2, -0.15) is 0 Å². The fourth-order valence-corrected chi connectivity index (χ4v) is 3.61. The average molecular weight is 332 g/mol. The first kappa shape index (κ1) is 17.6. The molecule has 1 aromatic carbocycles. The predicted octanol–water partition coefficient (Wildman–Crippen LogP) is 4.57. The summed E-state index contributed by atoms with van der Waals surface area (Å²) in [4.78, 5) is 10.8. The first-order valence-electron chi connectivity index (χ1n) is 8.16. The van der Waals surface area contributed by atoms with Crippen LogP contribution in [-0.2, 0) is 17.6 Å². The van der Waals surface area contributed by atoms with Crippen LogP contribution in [0.4, 0.5) is 0 Å². The largest absolute Gasteiger partial charge is 0.481 e. The van der Waals surface area contributed by atoms with E-state index in [2.05, 4.69) is 29.3 Å². The maximum absolute atomic E-state index is 10.8. The lowest BCUT2D eigenvalue weighted by Gasteiger charge is -2.10. The van der Waals surface area contributed by atoms with Gasteiger partial charge in [0.15, 0.2) is 0 Å². The molecule has 124 valence electrons. The van der Waals surface area contributed by atoms with Crippen LogP contribution in [0.25, 0.3) is 10.6 Å². The minimum Gasteiger partial charge on any atom is -0.481 e. The molecule has 0 amide bonds. The highest BCUT2D eigenvalue weighted by molar-refractivity contribution is 7.14. The SMILES string of the molecule is CCCCCc1nnc(-c2cc(C)c(CCC(=O)O)c(C)c2)s1. The van der Waals surface area contributed by atoms with Gasteiger partial charge in [0.05, 0.1) is 0 Å². The second-order valence-corrected chi connectivity index (χ2v) is 7.00. The standard InChI is InChI=1S/C18H24N2O2S/c1-4-5-6-7-16-19-20-18(23-16)14-10-12(2)15(13(3)11-14)8-9-17(21)22/h10-11H,4-9H2,1-3H3,(H,21,22). The number of carboxylic acids is 1. The molecule has 1 N–H and O–H groups in total. The molecule has 2 rings (SSSR count). The number of benzene rings is 1. The van der Waals surface area contributed by atoms with Crippen LogP contribution in [0.2, 0.25) is 0 Å². The average Bonchev–Trinajstić information content (AvgIpc) is 2.95. The number of nitrogens with zero attached hydrogens (tertiary/aromatic N) is 2. The number of hydrogen-bond acceptors (Lipinski definition) is 4. The van der Waals surface area contributed by atoms with Crippen LogP contribution in [0, 0.1) is 13.8 Å². The molecular formula is C18H24N2O2S. The molecule has 0 unspecified atom stereocenters. The van der Waals surface area contributed by atoms with E-state index in [0.29, 0.717) is 6.42 Å². The third kappa shape index (κ3) is 4.86. The van der Waals surface area contributed by atoms with Crippen molar-refractivity contribution in [1.29, 1.82) is 0 Å². The topological polar surface area (TPSA) is 63.1 Å². The fourth-order valence-electron chi connectivity index (χ4n) is 2.74. The van der Waals surface area contributed by atoms with Crippen molar-refractivity contribution in [3.05, 3.63) is 33.8 Å². The van der Waals surface area contributed by atoms with Crippen LogP contribution in [0.1, 0.15) is 54.3 Å². The van der Waals surface area contributed by atoms with Crippen molar-refractivity contribution in [2.45, 2.75) is 59.3 Å². The summed E-state index contributed by atoms with van der Waals surface area (Å²) in [6.07, 6.45) is 5.35. The maximum Gasteiger partial charge on any atom is 0.303 e. The minimum atomic E-state index is -0.756. The van der Waals surface area contributed by atoms with Gasteiger partial charge in [0.25, 0.3) is 0 Å². The number of carbonyl (C=O) groups is 1. The molecule has 0 atom stereocenters. The molecule has 0 fully saturated rings. The van der Waals surface area contributed by atoms with Crippen molar-refractivity contribution in [2.75, 3.05) is 0 Å². The van der Waals surface area contributed by atoms with E-state index >= 15 is 0 Å². The molecule has 0 spiro atoms. The van der Waals surface area contributed by atoms with Crippen LogP contribution in [0.3, 0.4) is 0 Å². The Morgan fingerprint density at radius 1 is 1.13 bits per heavy atom. The van der Waals surface area contributed by atoms with E-state index in [-0.39, 0.29) is 6.42 Å². The monoisotopic (exact) mass is 332 g/mol. The van der Waals surface area contributed by atoms with E-state index in [1.807, 2.05) is 13.8 Å². The molecule has 1 heterocycles. The highest BCUT2D eigenvalue weighted by Gasteiger charge is 2.12. The Labute approximate surface area is 141 Å². The number of hydrogen-bond donors (Lipinski definition) is 1. The van der Waals surface area contributed by atoms with E-state index in [1.54, 1.807) is 11.3 Å². The highest BCUT2D eigenvalue weighted by atomic mass is 32.1. The van der Waals surface area contributed by atoms with E-state index < -0.39 is 5.97 Å². The molecular weight excluding hydrogens is 308 g/mol. The van der Waals surface area contributed by atoms with Crippen molar-refractivity contribution in [3.63, 3.8) is 0 Å². The quantitative estimate of drug-likeness (QED) is 0.719. The lowest BCUT2D eigenvalue weighted by atomic mass is 9.96. The van der Waals surface area contributed by atoms with Gasteiger partial charge in [-0.3, -0.25) is 4.79 Å². The van der Waals surface area contributed by atoms with Gasteiger partial charge in [-0.15, -0.1) is 10.2 Å². The summed E-state index contributed by atoms with van der Waals surface area (Å²) in [5.41, 5.74) is 4.47. The normalized spacial score (nSPS) is 10.9. The van der Waals surface area contributed by atoms with E-state index in [1.165, 1.54) is 12.8 Å². The summed E-state index contributed by atoms with van der Waals surface area (Å²) >= 11 is 1.66. The van der Waals surface area contributed by atoms with E-state index in [9.17, 15) is 4.79 Å². The molecule has 0 aliphatic heterocycles. The van der Waals surface area contributed by atoms with Crippen molar-refractivity contribution in [1.82, 2.24) is 10.2 Å². The maximum atomic E-state index is 10.8. The first-order valence-corrected chi connectivity index (χ1v) is 8.97. The van der Waals surface area contributed by atoms with Crippen LogP contribution >= 0.6 is 11.3 Å². The van der Waals surface area contributed by atoms with Crippen LogP contribution in [-0.4, -0.2) is 21.3 Å². The number of rotatable bonds is 8. The molecule has 0 radical (unpaired) electrons. The smallest absolute Gasteiger partial charge is 0.303 e. The first-order chi connectivity index (χ1) is 11.0. The summed E-state index contributed by atoms with van der Waals surface area (Å²) in [6, 6.07) is 4.20. The molecule has 23 heavy (non-hydrogen) atoms. The van der Waals surface area contributed by atoms with Crippen molar-refractivity contribution in [2.24, 2.45) is 0 Å². The molecule has 0 aliphatic rings. The number of aliphatic carboxylic acids is 1. The number of aromatic nitrogens is 2. The molecule has 1 aromatic heterocycles. The third-order valence-corrected chi connectivity index (χ3v) is 5.02. The van der Waals surface area contributed by atoms with E-state index in [0.717, 1.165) is 45.1 Å². The van der Waals surface area contributed by atoms with Gasteiger partial charge < -0.3 is 5.11 Å². The number of aryl methyl sites for hydroxylation is 3. The Bertz CT molecular complexity index is 656. The summed E-state index contributed by atoms with van der Waals surface area (Å²) in [5.74, 6) is -0.756. The zero-order valence-corrected chi connectivity index (χ0v) is 14.9. The van der Waals surface area contributed by atoms with Gasteiger partial charge in [0, 0.05) is 18.4 Å². The summed E-state index contributed by atoms with van der Waals surface area (Å²) in [5, 5.41) is 19.5. The van der Waals surface area contributed by atoms with Crippen LogP contribution < -0.4 is 0 Å². The van der Waals surface area contributed by atoms with Gasteiger partial charge in [0.2, 0.25) is 0 Å². The molecule has 2 aromatic rings. The summed E-state index contributed by atoms with van der Waals surface area (Å²) < 4.78 is 0. The lowest BCUT2D eigenvalue weighted by molar-refractivity contribution is -0.136. The number of unbranched alkanes of at least 4 members (excludes halogenated alkanes) is 2. The van der Waals surface area contributed by atoms with Gasteiger partial charge in [0.1, 0.15) is 10.0 Å². The molecule has 5 heteroatoms. The van der Waals surface area contributed by atoms with Crippen molar-refractivity contribution >= 4 is 17.3 Å². The molecule has 0 saturated carbocycles. The molecule has 0 aliphatic carbocycles. The minimum absolute atomic E-state index is 0.168. The summed E-state index contributed by atoms with van der Waals surface area (Å²) in [6.45, 7) is 6.27. The summed E-state index contributed by atoms with van der Waals surface area (Å²) in [7, 11) is 0. The molecule has 0 bridgehead atoms. The Morgan fingerprint density at radius 3 is 2.43 bits per heavy atom. The number of carboxylic acid groups (broad SMARTS) is 1.